The Morgan fingerprint density at radius 2 is 1.73 bits per heavy atom. The SMILES string of the molecule is CC(C)C(=O)N1c2cc(C(C)C)ccc2C2(O)Cc3ccccc3C12O. The van der Waals surface area contributed by atoms with Gasteiger partial charge in [0.05, 0.1) is 5.69 Å². The molecule has 1 heterocycles. The van der Waals surface area contributed by atoms with Crippen molar-refractivity contribution in [3.8, 4) is 0 Å². The van der Waals surface area contributed by atoms with Crippen LogP contribution in [0, 0.1) is 5.92 Å². The molecule has 2 unspecified atom stereocenters. The lowest BCUT2D eigenvalue weighted by Gasteiger charge is -2.39. The lowest BCUT2D eigenvalue weighted by molar-refractivity contribution is -0.155. The number of aliphatic hydroxyl groups is 2. The van der Waals surface area contributed by atoms with Gasteiger partial charge in [0.2, 0.25) is 11.6 Å². The third-order valence-electron chi connectivity index (χ3n) is 5.83. The first-order chi connectivity index (χ1) is 12.2. The fourth-order valence-electron chi connectivity index (χ4n) is 4.38. The molecule has 0 fully saturated rings. The van der Waals surface area contributed by atoms with E-state index in [9.17, 15) is 15.0 Å². The largest absolute Gasteiger partial charge is 0.379 e. The van der Waals surface area contributed by atoms with Gasteiger partial charge < -0.3 is 10.2 Å². The second-order valence-electron chi connectivity index (χ2n) is 8.13. The van der Waals surface area contributed by atoms with Crippen LogP contribution in [0.4, 0.5) is 5.69 Å². The fourth-order valence-corrected chi connectivity index (χ4v) is 4.38. The van der Waals surface area contributed by atoms with Crippen molar-refractivity contribution in [1.29, 1.82) is 0 Å². The second-order valence-corrected chi connectivity index (χ2v) is 8.13. The average Bonchev–Trinajstić information content (AvgIpc) is 2.94. The summed E-state index contributed by atoms with van der Waals surface area (Å²) in [4.78, 5) is 14.6. The van der Waals surface area contributed by atoms with E-state index < -0.39 is 11.3 Å². The van der Waals surface area contributed by atoms with Crippen LogP contribution in [0.2, 0.25) is 0 Å². The minimum atomic E-state index is -1.77. The third-order valence-corrected chi connectivity index (χ3v) is 5.83. The van der Waals surface area contributed by atoms with E-state index in [4.69, 9.17) is 0 Å². The maximum Gasteiger partial charge on any atom is 0.232 e. The van der Waals surface area contributed by atoms with Crippen LogP contribution in [-0.2, 0) is 22.5 Å². The summed E-state index contributed by atoms with van der Waals surface area (Å²) in [6.07, 6.45) is 0.287. The van der Waals surface area contributed by atoms with E-state index in [1.807, 2.05) is 56.3 Å². The Hall–Kier alpha value is -2.17. The quantitative estimate of drug-likeness (QED) is 0.872. The van der Waals surface area contributed by atoms with E-state index in [0.29, 0.717) is 16.8 Å². The summed E-state index contributed by atoms with van der Waals surface area (Å²) < 4.78 is 0. The van der Waals surface area contributed by atoms with Crippen LogP contribution < -0.4 is 4.90 Å². The average molecular weight is 351 g/mol. The number of rotatable bonds is 2. The van der Waals surface area contributed by atoms with E-state index in [2.05, 4.69) is 13.8 Å². The van der Waals surface area contributed by atoms with E-state index in [1.165, 1.54) is 4.90 Å². The predicted molar refractivity (Wildman–Crippen MR) is 101 cm³/mol. The summed E-state index contributed by atoms with van der Waals surface area (Å²) in [6.45, 7) is 7.81. The van der Waals surface area contributed by atoms with Crippen LogP contribution in [0.15, 0.2) is 42.5 Å². The molecule has 0 bridgehead atoms. The lowest BCUT2D eigenvalue weighted by Crippen LogP contribution is -2.56. The topological polar surface area (TPSA) is 60.8 Å². The summed E-state index contributed by atoms with van der Waals surface area (Å²) in [6, 6.07) is 13.2. The zero-order valence-electron chi connectivity index (χ0n) is 15.7. The molecule has 1 aliphatic carbocycles. The Kier molecular flexibility index (Phi) is 3.59. The van der Waals surface area contributed by atoms with Gasteiger partial charge in [-0.1, -0.05) is 64.1 Å². The zero-order chi connectivity index (χ0) is 18.9. The van der Waals surface area contributed by atoms with Crippen molar-refractivity contribution in [3.05, 3.63) is 64.7 Å². The third kappa shape index (κ3) is 1.94. The number of amides is 1. The van der Waals surface area contributed by atoms with Gasteiger partial charge >= 0.3 is 0 Å². The van der Waals surface area contributed by atoms with Crippen LogP contribution in [0.25, 0.3) is 0 Å². The van der Waals surface area contributed by atoms with Crippen molar-refractivity contribution in [1.82, 2.24) is 0 Å². The predicted octanol–water partition coefficient (Wildman–Crippen LogP) is 3.40. The molecule has 0 spiro atoms. The van der Waals surface area contributed by atoms with Crippen LogP contribution in [-0.4, -0.2) is 16.1 Å². The highest BCUT2D eigenvalue weighted by Crippen LogP contribution is 2.60. The maximum absolute atomic E-state index is 13.1. The van der Waals surface area contributed by atoms with E-state index in [-0.39, 0.29) is 24.2 Å². The summed E-state index contributed by atoms with van der Waals surface area (Å²) in [5, 5.41) is 23.5. The molecule has 1 aliphatic heterocycles. The Bertz CT molecular complexity index is 904. The van der Waals surface area contributed by atoms with Crippen LogP contribution in [0.1, 0.15) is 55.9 Å². The van der Waals surface area contributed by atoms with Crippen molar-refractivity contribution in [2.75, 3.05) is 4.90 Å². The molecule has 2 atom stereocenters. The van der Waals surface area contributed by atoms with Crippen LogP contribution >= 0.6 is 0 Å². The number of anilines is 1. The monoisotopic (exact) mass is 351 g/mol. The molecular formula is C22H25NO3. The van der Waals surface area contributed by atoms with E-state index in [1.54, 1.807) is 0 Å². The molecule has 0 saturated heterocycles. The lowest BCUT2D eigenvalue weighted by atomic mass is 9.86. The molecule has 0 aromatic heterocycles. The number of nitrogens with zero attached hydrogens (tertiary/aromatic N) is 1. The minimum Gasteiger partial charge on any atom is -0.379 e. The Labute approximate surface area is 154 Å². The normalized spacial score (nSPS) is 26.2. The summed E-state index contributed by atoms with van der Waals surface area (Å²) >= 11 is 0. The molecule has 1 amide bonds. The number of fused-ring (bicyclic) bond motifs is 5. The molecule has 0 saturated carbocycles. The van der Waals surface area contributed by atoms with Gasteiger partial charge in [-0.05, 0) is 23.1 Å². The van der Waals surface area contributed by atoms with Gasteiger partial charge in [0.15, 0.2) is 0 Å². The highest BCUT2D eigenvalue weighted by molar-refractivity contribution is 5.99. The van der Waals surface area contributed by atoms with Crippen molar-refractivity contribution in [2.24, 2.45) is 5.92 Å². The number of hydrogen-bond acceptors (Lipinski definition) is 3. The molecule has 2 aromatic carbocycles. The Morgan fingerprint density at radius 3 is 2.38 bits per heavy atom. The molecule has 2 N–H and O–H groups in total. The van der Waals surface area contributed by atoms with E-state index in [0.717, 1.165) is 11.1 Å². The smallest absolute Gasteiger partial charge is 0.232 e. The highest BCUT2D eigenvalue weighted by atomic mass is 16.4. The van der Waals surface area contributed by atoms with Gasteiger partial charge in [0, 0.05) is 23.5 Å². The Morgan fingerprint density at radius 1 is 1.04 bits per heavy atom. The van der Waals surface area contributed by atoms with Gasteiger partial charge in [-0.25, -0.2) is 0 Å². The van der Waals surface area contributed by atoms with Gasteiger partial charge in [-0.2, -0.15) is 0 Å². The molecule has 136 valence electrons. The van der Waals surface area contributed by atoms with Crippen molar-refractivity contribution in [3.63, 3.8) is 0 Å². The van der Waals surface area contributed by atoms with Gasteiger partial charge in [0.25, 0.3) is 0 Å². The first-order valence-corrected chi connectivity index (χ1v) is 9.23. The molecule has 4 heteroatoms. The molecule has 26 heavy (non-hydrogen) atoms. The van der Waals surface area contributed by atoms with Gasteiger partial charge in [-0.15, -0.1) is 0 Å². The van der Waals surface area contributed by atoms with Crippen LogP contribution in [0.5, 0.6) is 0 Å². The fraction of sp³-hybridized carbons (Fsp3) is 0.409. The molecule has 2 aliphatic rings. The van der Waals surface area contributed by atoms with Crippen molar-refractivity contribution < 1.29 is 15.0 Å². The molecule has 4 rings (SSSR count). The minimum absolute atomic E-state index is 0.192. The number of carbonyl (C=O) groups excluding carboxylic acids is 1. The van der Waals surface area contributed by atoms with E-state index >= 15 is 0 Å². The van der Waals surface area contributed by atoms with Gasteiger partial charge in [0.1, 0.15) is 5.60 Å². The zero-order valence-corrected chi connectivity index (χ0v) is 15.7. The first kappa shape index (κ1) is 17.3. The van der Waals surface area contributed by atoms with Crippen LogP contribution in [0.3, 0.4) is 0 Å². The standard InChI is InChI=1S/C22H25NO3/c1-13(2)15-9-10-18-19(11-15)23(20(24)14(3)4)22(26)17-8-6-5-7-16(17)12-21(18,22)25/h5-11,13-14,25-26H,12H2,1-4H3. The second kappa shape index (κ2) is 5.41. The highest BCUT2D eigenvalue weighted by Gasteiger charge is 2.67. The van der Waals surface area contributed by atoms with Gasteiger partial charge in [-0.3, -0.25) is 9.69 Å². The van der Waals surface area contributed by atoms with Crippen molar-refractivity contribution >= 4 is 11.6 Å². The summed E-state index contributed by atoms with van der Waals surface area (Å²) in [5.41, 5.74) is 0.487. The van der Waals surface area contributed by atoms with Crippen molar-refractivity contribution in [2.45, 2.75) is 51.4 Å². The molecule has 4 nitrogen and oxygen atoms in total. The first-order valence-electron chi connectivity index (χ1n) is 9.23. The maximum atomic E-state index is 13.1. The number of carbonyl (C=O) groups is 1. The molecular weight excluding hydrogens is 326 g/mol. The number of hydrogen-bond donors (Lipinski definition) is 2. The Balaban J connectivity index is 2.02. The summed E-state index contributed by atoms with van der Waals surface area (Å²) in [5.74, 6) is -0.208. The molecule has 2 aromatic rings. The number of benzene rings is 2. The molecule has 0 radical (unpaired) electrons. The summed E-state index contributed by atoms with van der Waals surface area (Å²) in [7, 11) is 0.